The second-order valence-electron chi connectivity index (χ2n) is 6.98. The van der Waals surface area contributed by atoms with Crippen LogP contribution in [-0.2, 0) is 11.2 Å². The van der Waals surface area contributed by atoms with Gasteiger partial charge >= 0.3 is 0 Å². The van der Waals surface area contributed by atoms with Gasteiger partial charge in [0.05, 0.1) is 47.6 Å². The van der Waals surface area contributed by atoms with Crippen LogP contribution < -0.4 is 9.47 Å². The third kappa shape index (κ3) is 7.52. The van der Waals surface area contributed by atoms with E-state index in [2.05, 4.69) is 11.0 Å². The lowest BCUT2D eigenvalue weighted by Gasteiger charge is -2.25. The van der Waals surface area contributed by atoms with Gasteiger partial charge in [0.15, 0.2) is 0 Å². The van der Waals surface area contributed by atoms with Crippen LogP contribution in [0.2, 0.25) is 15.1 Å². The Bertz CT molecular complexity index is 936. The van der Waals surface area contributed by atoms with Gasteiger partial charge in [0.1, 0.15) is 11.5 Å². The Morgan fingerprint density at radius 1 is 1.00 bits per heavy atom. The zero-order valence-electron chi connectivity index (χ0n) is 17.0. The van der Waals surface area contributed by atoms with E-state index >= 15 is 0 Å². The summed E-state index contributed by atoms with van der Waals surface area (Å²) in [6.45, 7) is 3.98. The maximum Gasteiger partial charge on any atom is 0.139 e. The summed E-state index contributed by atoms with van der Waals surface area (Å²) in [5.74, 6) is 1.27. The molecule has 2 aromatic rings. The van der Waals surface area contributed by atoms with Gasteiger partial charge in [-0.15, -0.1) is 0 Å². The van der Waals surface area contributed by atoms with Crippen molar-refractivity contribution in [2.24, 2.45) is 0 Å². The summed E-state index contributed by atoms with van der Waals surface area (Å²) in [6, 6.07) is 13.2. The summed E-state index contributed by atoms with van der Waals surface area (Å²) >= 11 is 18.0. The zero-order chi connectivity index (χ0) is 22.1. The number of allylic oxidation sites excluding steroid dienone is 1. The van der Waals surface area contributed by atoms with E-state index in [0.29, 0.717) is 60.1 Å². The van der Waals surface area contributed by atoms with E-state index in [4.69, 9.17) is 49.0 Å². The Kier molecular flexibility index (Phi) is 9.17. The smallest absolute Gasteiger partial charge is 0.139 e. The highest BCUT2D eigenvalue weighted by Crippen LogP contribution is 2.33. The van der Waals surface area contributed by atoms with Crippen LogP contribution in [0.5, 0.6) is 11.5 Å². The van der Waals surface area contributed by atoms with Crippen LogP contribution >= 0.6 is 34.8 Å². The van der Waals surface area contributed by atoms with E-state index in [1.165, 1.54) is 0 Å². The normalized spacial score (nSPS) is 14.3. The summed E-state index contributed by atoms with van der Waals surface area (Å²) in [4.78, 5) is 2.13. The molecule has 31 heavy (non-hydrogen) atoms. The first kappa shape index (κ1) is 23.6. The first-order chi connectivity index (χ1) is 15.0. The molecule has 0 bridgehead atoms. The van der Waals surface area contributed by atoms with Crippen molar-refractivity contribution in [1.29, 1.82) is 5.26 Å². The van der Waals surface area contributed by atoms with E-state index < -0.39 is 0 Å². The molecule has 1 aliphatic heterocycles. The summed E-state index contributed by atoms with van der Waals surface area (Å²) < 4.78 is 16.7. The van der Waals surface area contributed by atoms with Crippen LogP contribution in [0.4, 0.5) is 0 Å². The number of rotatable bonds is 9. The number of nitriles is 1. The predicted octanol–water partition coefficient (Wildman–Crippen LogP) is 5.78. The minimum absolute atomic E-state index is 0.393. The minimum atomic E-state index is 0.393. The average molecular weight is 482 g/mol. The lowest BCUT2D eigenvalue weighted by molar-refractivity contribution is 0.0591. The highest BCUT2D eigenvalue weighted by Gasteiger charge is 2.09. The number of hydrogen-bond acceptors (Lipinski definition) is 5. The summed E-state index contributed by atoms with van der Waals surface area (Å²) in [6.07, 6.45) is 3.21. The highest BCUT2D eigenvalue weighted by molar-refractivity contribution is 6.43. The van der Waals surface area contributed by atoms with E-state index in [1.54, 1.807) is 12.1 Å². The van der Waals surface area contributed by atoms with Crippen molar-refractivity contribution in [3.8, 4) is 17.6 Å². The topological polar surface area (TPSA) is 54.7 Å². The Morgan fingerprint density at radius 2 is 1.68 bits per heavy atom. The maximum absolute atomic E-state index is 9.43. The van der Waals surface area contributed by atoms with Crippen molar-refractivity contribution in [3.05, 3.63) is 68.8 Å². The molecule has 0 N–H and O–H groups in total. The molecular weight excluding hydrogens is 459 g/mol. The second-order valence-corrected chi connectivity index (χ2v) is 8.20. The monoisotopic (exact) mass is 480 g/mol. The Balaban J connectivity index is 1.41. The standard InChI is InChI=1S/C23H23Cl3N2O3/c24-20-13-22(26)23(14-21(20)25)31-9-1-8-30-19-4-2-17(3-5-19)12-18(15-27)16-28-6-10-29-11-7-28/h2-5,13-14,16H,1,6-12H2/b18-16-. The number of nitrogens with zero attached hydrogens (tertiary/aromatic N) is 2. The summed E-state index contributed by atoms with van der Waals surface area (Å²) in [5, 5.41) is 10.6. The lowest BCUT2D eigenvalue weighted by Crippen LogP contribution is -2.32. The molecule has 0 spiro atoms. The van der Waals surface area contributed by atoms with Gasteiger partial charge in [-0.25, -0.2) is 0 Å². The molecule has 0 unspecified atom stereocenters. The molecular formula is C23H23Cl3N2O3. The maximum atomic E-state index is 9.43. The van der Waals surface area contributed by atoms with Gasteiger partial charge in [0.25, 0.3) is 0 Å². The molecule has 0 saturated carbocycles. The molecule has 2 aromatic carbocycles. The quantitative estimate of drug-likeness (QED) is 0.258. The fourth-order valence-electron chi connectivity index (χ4n) is 3.01. The van der Waals surface area contributed by atoms with Crippen molar-refractivity contribution in [2.45, 2.75) is 12.8 Å². The third-order valence-corrected chi connectivity index (χ3v) is 5.65. The lowest BCUT2D eigenvalue weighted by atomic mass is 10.1. The van der Waals surface area contributed by atoms with Crippen molar-refractivity contribution >= 4 is 34.8 Å². The molecule has 0 aliphatic carbocycles. The van der Waals surface area contributed by atoms with Crippen molar-refractivity contribution < 1.29 is 14.2 Å². The van der Waals surface area contributed by atoms with Gasteiger partial charge in [-0.2, -0.15) is 5.26 Å². The van der Waals surface area contributed by atoms with Crippen molar-refractivity contribution in [1.82, 2.24) is 4.90 Å². The van der Waals surface area contributed by atoms with Gasteiger partial charge in [0, 0.05) is 43.8 Å². The van der Waals surface area contributed by atoms with Gasteiger partial charge in [-0.1, -0.05) is 46.9 Å². The van der Waals surface area contributed by atoms with Crippen LogP contribution in [0, 0.1) is 11.3 Å². The SMILES string of the molecule is N#C/C(=C\N1CCOCC1)Cc1ccc(OCCCOc2cc(Cl)c(Cl)cc2Cl)cc1. The fourth-order valence-corrected chi connectivity index (χ4v) is 3.60. The Labute approximate surface area is 197 Å². The first-order valence-corrected chi connectivity index (χ1v) is 11.1. The van der Waals surface area contributed by atoms with Crippen LogP contribution in [0.25, 0.3) is 0 Å². The number of ether oxygens (including phenoxy) is 3. The molecule has 0 aromatic heterocycles. The van der Waals surface area contributed by atoms with Crippen LogP contribution in [-0.4, -0.2) is 44.4 Å². The van der Waals surface area contributed by atoms with Gasteiger partial charge < -0.3 is 19.1 Å². The van der Waals surface area contributed by atoms with Crippen LogP contribution in [0.1, 0.15) is 12.0 Å². The molecule has 1 aliphatic rings. The fraction of sp³-hybridized carbons (Fsp3) is 0.348. The summed E-state index contributed by atoms with van der Waals surface area (Å²) in [5.41, 5.74) is 1.79. The number of morpholine rings is 1. The van der Waals surface area contributed by atoms with Crippen molar-refractivity contribution in [3.63, 3.8) is 0 Å². The molecule has 5 nitrogen and oxygen atoms in total. The number of benzene rings is 2. The van der Waals surface area contributed by atoms with Crippen LogP contribution in [0.15, 0.2) is 48.2 Å². The molecule has 164 valence electrons. The van der Waals surface area contributed by atoms with Crippen LogP contribution in [0.3, 0.4) is 0 Å². The summed E-state index contributed by atoms with van der Waals surface area (Å²) in [7, 11) is 0. The second kappa shape index (κ2) is 12.1. The molecule has 3 rings (SSSR count). The van der Waals surface area contributed by atoms with Crippen molar-refractivity contribution in [2.75, 3.05) is 39.5 Å². The Morgan fingerprint density at radius 3 is 2.39 bits per heavy atom. The number of halogens is 3. The molecule has 0 radical (unpaired) electrons. The first-order valence-electron chi connectivity index (χ1n) is 9.97. The van der Waals surface area contributed by atoms with Gasteiger partial charge in [-0.05, 0) is 23.8 Å². The zero-order valence-corrected chi connectivity index (χ0v) is 19.2. The molecule has 0 amide bonds. The molecule has 1 fully saturated rings. The predicted molar refractivity (Wildman–Crippen MR) is 123 cm³/mol. The Hall–Kier alpha value is -2.10. The number of hydrogen-bond donors (Lipinski definition) is 0. The minimum Gasteiger partial charge on any atom is -0.493 e. The van der Waals surface area contributed by atoms with Gasteiger partial charge in [-0.3, -0.25) is 0 Å². The molecule has 1 heterocycles. The third-order valence-electron chi connectivity index (χ3n) is 4.64. The van der Waals surface area contributed by atoms with E-state index in [9.17, 15) is 5.26 Å². The molecule has 8 heteroatoms. The molecule has 1 saturated heterocycles. The molecule has 0 atom stereocenters. The average Bonchev–Trinajstić information content (AvgIpc) is 2.78. The van der Waals surface area contributed by atoms with E-state index in [1.807, 2.05) is 30.5 Å². The van der Waals surface area contributed by atoms with Gasteiger partial charge in [0.2, 0.25) is 0 Å². The highest BCUT2D eigenvalue weighted by atomic mass is 35.5. The van der Waals surface area contributed by atoms with E-state index in [0.717, 1.165) is 30.0 Å². The van der Waals surface area contributed by atoms with E-state index in [-0.39, 0.29) is 0 Å². The largest absolute Gasteiger partial charge is 0.493 e.